The first-order valence-electron chi connectivity index (χ1n) is 9.14. The third-order valence-electron chi connectivity index (χ3n) is 5.29. The van der Waals surface area contributed by atoms with Crippen LogP contribution in [0.1, 0.15) is 53.7 Å². The number of furan rings is 1. The van der Waals surface area contributed by atoms with Crippen LogP contribution in [0.5, 0.6) is 0 Å². The van der Waals surface area contributed by atoms with Crippen molar-refractivity contribution in [2.75, 3.05) is 0 Å². The molecule has 1 saturated carbocycles. The molecule has 1 aliphatic rings. The molecule has 2 aromatic heterocycles. The van der Waals surface area contributed by atoms with Crippen LogP contribution >= 0.6 is 0 Å². The van der Waals surface area contributed by atoms with E-state index in [4.69, 9.17) is 4.42 Å². The lowest BCUT2D eigenvalue weighted by atomic mass is 9.95. The number of nitrogens with zero attached hydrogens (tertiary/aromatic N) is 1. The van der Waals surface area contributed by atoms with E-state index in [1.165, 1.54) is 30.4 Å². The van der Waals surface area contributed by atoms with Crippen molar-refractivity contribution < 1.29 is 9.21 Å². The summed E-state index contributed by atoms with van der Waals surface area (Å²) < 4.78 is 7.62. The van der Waals surface area contributed by atoms with E-state index in [9.17, 15) is 4.79 Å². The van der Waals surface area contributed by atoms with E-state index < -0.39 is 0 Å². The van der Waals surface area contributed by atoms with Crippen LogP contribution < -0.4 is 5.32 Å². The monoisotopic (exact) mass is 336 g/mol. The lowest BCUT2D eigenvalue weighted by molar-refractivity contribution is 0.0919. The van der Waals surface area contributed by atoms with Crippen LogP contribution in [-0.4, -0.2) is 16.5 Å². The SMILES string of the molecule is Cc1ccccc1Cn1c(C(=O)NC2CCCCC2)cc2occc21. The topological polar surface area (TPSA) is 47.2 Å². The second-order valence-electron chi connectivity index (χ2n) is 7.02. The summed E-state index contributed by atoms with van der Waals surface area (Å²) in [6, 6.07) is 12.4. The van der Waals surface area contributed by atoms with E-state index in [-0.39, 0.29) is 5.91 Å². The lowest BCUT2D eigenvalue weighted by Crippen LogP contribution is -2.37. The highest BCUT2D eigenvalue weighted by molar-refractivity contribution is 5.97. The van der Waals surface area contributed by atoms with Gasteiger partial charge in [0.05, 0.1) is 11.8 Å². The Hall–Kier alpha value is -2.49. The molecular weight excluding hydrogens is 312 g/mol. The first-order valence-corrected chi connectivity index (χ1v) is 9.14. The van der Waals surface area contributed by atoms with Gasteiger partial charge in [-0.05, 0) is 30.9 Å². The van der Waals surface area contributed by atoms with Gasteiger partial charge in [0.1, 0.15) is 5.69 Å². The average Bonchev–Trinajstić information content (AvgIpc) is 3.20. The smallest absolute Gasteiger partial charge is 0.268 e. The number of rotatable bonds is 4. The molecule has 0 bridgehead atoms. The Bertz CT molecular complexity index is 884. The van der Waals surface area contributed by atoms with Crippen LogP contribution in [0.25, 0.3) is 11.1 Å². The fourth-order valence-electron chi connectivity index (χ4n) is 3.80. The minimum absolute atomic E-state index is 0.00637. The maximum atomic E-state index is 12.9. The molecule has 1 N–H and O–H groups in total. The molecule has 0 spiro atoms. The van der Waals surface area contributed by atoms with Gasteiger partial charge in [-0.15, -0.1) is 0 Å². The van der Waals surface area contributed by atoms with Crippen LogP contribution in [0.4, 0.5) is 0 Å². The van der Waals surface area contributed by atoms with Gasteiger partial charge < -0.3 is 14.3 Å². The summed E-state index contributed by atoms with van der Waals surface area (Å²) in [4.78, 5) is 12.9. The molecule has 3 aromatic rings. The van der Waals surface area contributed by atoms with Crippen molar-refractivity contribution in [3.63, 3.8) is 0 Å². The number of carbonyl (C=O) groups excluding carboxylic acids is 1. The van der Waals surface area contributed by atoms with Crippen molar-refractivity contribution in [2.45, 2.75) is 51.6 Å². The van der Waals surface area contributed by atoms with Gasteiger partial charge in [0.2, 0.25) is 0 Å². The van der Waals surface area contributed by atoms with Gasteiger partial charge in [-0.2, -0.15) is 0 Å². The summed E-state index contributed by atoms with van der Waals surface area (Å²) >= 11 is 0. The summed E-state index contributed by atoms with van der Waals surface area (Å²) in [5, 5.41) is 3.23. The Kier molecular flexibility index (Phi) is 4.35. The fourth-order valence-corrected chi connectivity index (χ4v) is 3.80. The van der Waals surface area contributed by atoms with Crippen LogP contribution in [0.3, 0.4) is 0 Å². The van der Waals surface area contributed by atoms with Gasteiger partial charge in [-0.1, -0.05) is 43.5 Å². The predicted octanol–water partition coefficient (Wildman–Crippen LogP) is 4.65. The Balaban J connectivity index is 1.65. The summed E-state index contributed by atoms with van der Waals surface area (Å²) in [7, 11) is 0. The van der Waals surface area contributed by atoms with Crippen molar-refractivity contribution in [1.29, 1.82) is 0 Å². The standard InChI is InChI=1S/C21H24N2O2/c1-15-7-5-6-8-16(15)14-23-18-11-12-25-20(18)13-19(23)21(24)22-17-9-3-2-4-10-17/h5-8,11-13,17H,2-4,9-10,14H2,1H3,(H,22,24). The Morgan fingerprint density at radius 2 is 2.00 bits per heavy atom. The van der Waals surface area contributed by atoms with Crippen molar-refractivity contribution in [3.05, 3.63) is 59.5 Å². The molecule has 2 heterocycles. The fraction of sp³-hybridized carbons (Fsp3) is 0.381. The number of carbonyl (C=O) groups is 1. The number of amides is 1. The molecule has 4 rings (SSSR count). The molecule has 1 fully saturated rings. The number of aryl methyl sites for hydroxylation is 1. The van der Waals surface area contributed by atoms with E-state index in [0.717, 1.165) is 23.9 Å². The Morgan fingerprint density at radius 1 is 1.20 bits per heavy atom. The number of nitrogens with one attached hydrogen (secondary N) is 1. The van der Waals surface area contributed by atoms with Gasteiger partial charge in [0.15, 0.2) is 5.58 Å². The third kappa shape index (κ3) is 3.21. The predicted molar refractivity (Wildman–Crippen MR) is 98.8 cm³/mol. The molecule has 4 nitrogen and oxygen atoms in total. The first-order chi connectivity index (χ1) is 12.2. The number of fused-ring (bicyclic) bond motifs is 1. The normalized spacial score (nSPS) is 15.6. The molecular formula is C21H24N2O2. The first kappa shape index (κ1) is 16.0. The Labute approximate surface area is 147 Å². The second-order valence-corrected chi connectivity index (χ2v) is 7.02. The second kappa shape index (κ2) is 6.79. The van der Waals surface area contributed by atoms with E-state index in [2.05, 4.69) is 28.9 Å². The largest absolute Gasteiger partial charge is 0.463 e. The molecule has 1 aliphatic carbocycles. The van der Waals surface area contributed by atoms with Crippen molar-refractivity contribution in [3.8, 4) is 0 Å². The van der Waals surface area contributed by atoms with Crippen molar-refractivity contribution in [2.24, 2.45) is 0 Å². The van der Waals surface area contributed by atoms with Gasteiger partial charge >= 0.3 is 0 Å². The molecule has 1 aromatic carbocycles. The van der Waals surface area contributed by atoms with Gasteiger partial charge in [0, 0.05) is 24.7 Å². The summed E-state index contributed by atoms with van der Waals surface area (Å²) in [6.45, 7) is 2.77. The van der Waals surface area contributed by atoms with Crippen molar-refractivity contribution in [1.82, 2.24) is 9.88 Å². The molecule has 0 unspecified atom stereocenters. The quantitative estimate of drug-likeness (QED) is 0.753. The zero-order valence-electron chi connectivity index (χ0n) is 14.6. The number of hydrogen-bond donors (Lipinski definition) is 1. The van der Waals surface area contributed by atoms with Gasteiger partial charge in [-0.3, -0.25) is 4.79 Å². The molecule has 4 heteroatoms. The van der Waals surface area contributed by atoms with Crippen LogP contribution in [-0.2, 0) is 6.54 Å². The molecule has 25 heavy (non-hydrogen) atoms. The molecule has 0 atom stereocenters. The summed E-state index contributed by atoms with van der Waals surface area (Å²) in [6.07, 6.45) is 7.54. The molecule has 130 valence electrons. The zero-order chi connectivity index (χ0) is 17.2. The summed E-state index contributed by atoms with van der Waals surface area (Å²) in [5.74, 6) is 0.00637. The zero-order valence-corrected chi connectivity index (χ0v) is 14.6. The number of hydrogen-bond acceptors (Lipinski definition) is 2. The number of aromatic nitrogens is 1. The highest BCUT2D eigenvalue weighted by atomic mass is 16.3. The molecule has 1 amide bonds. The maximum Gasteiger partial charge on any atom is 0.268 e. The Morgan fingerprint density at radius 3 is 2.80 bits per heavy atom. The summed E-state index contributed by atoms with van der Waals surface area (Å²) in [5.41, 5.74) is 4.86. The van der Waals surface area contributed by atoms with E-state index >= 15 is 0 Å². The number of benzene rings is 1. The van der Waals surface area contributed by atoms with Crippen molar-refractivity contribution >= 4 is 17.0 Å². The molecule has 0 radical (unpaired) electrons. The van der Waals surface area contributed by atoms with Gasteiger partial charge in [0.25, 0.3) is 5.91 Å². The average molecular weight is 336 g/mol. The molecule has 0 aliphatic heterocycles. The van der Waals surface area contributed by atoms with Crippen LogP contribution in [0.15, 0.2) is 47.1 Å². The highest BCUT2D eigenvalue weighted by Gasteiger charge is 2.21. The minimum Gasteiger partial charge on any atom is -0.463 e. The molecule has 0 saturated heterocycles. The van der Waals surface area contributed by atoms with E-state index in [1.54, 1.807) is 6.26 Å². The van der Waals surface area contributed by atoms with E-state index in [0.29, 0.717) is 18.3 Å². The third-order valence-corrected chi connectivity index (χ3v) is 5.29. The van der Waals surface area contributed by atoms with E-state index in [1.807, 2.05) is 24.3 Å². The maximum absolute atomic E-state index is 12.9. The lowest BCUT2D eigenvalue weighted by Gasteiger charge is -2.23. The van der Waals surface area contributed by atoms with Crippen LogP contribution in [0, 0.1) is 6.92 Å². The minimum atomic E-state index is 0.00637. The highest BCUT2D eigenvalue weighted by Crippen LogP contribution is 2.24. The van der Waals surface area contributed by atoms with Gasteiger partial charge in [-0.25, -0.2) is 0 Å². The van der Waals surface area contributed by atoms with Crippen LogP contribution in [0.2, 0.25) is 0 Å².